The second-order valence-electron chi connectivity index (χ2n) is 5.91. The monoisotopic (exact) mass is 282 g/mol. The van der Waals surface area contributed by atoms with E-state index in [0.717, 1.165) is 24.1 Å². The van der Waals surface area contributed by atoms with Crippen LogP contribution in [0.3, 0.4) is 0 Å². The summed E-state index contributed by atoms with van der Waals surface area (Å²) in [5.41, 5.74) is 1.99. The summed E-state index contributed by atoms with van der Waals surface area (Å²) >= 11 is 0. The van der Waals surface area contributed by atoms with E-state index in [4.69, 9.17) is 5.11 Å². The van der Waals surface area contributed by atoms with Crippen molar-refractivity contribution >= 4 is 6.03 Å². The molecule has 0 aliphatic rings. The number of amides is 2. The number of nitrogens with one attached hydrogen (secondary N) is 2. The summed E-state index contributed by atoms with van der Waals surface area (Å²) in [7, 11) is 1.88. The fourth-order valence-corrected chi connectivity index (χ4v) is 1.80. The molecule has 1 aromatic heterocycles. The summed E-state index contributed by atoms with van der Waals surface area (Å²) in [5.74, 6) is 0. The van der Waals surface area contributed by atoms with Crippen LogP contribution in [-0.2, 0) is 13.6 Å². The minimum Gasteiger partial charge on any atom is -0.396 e. The number of aromatic nitrogens is 2. The van der Waals surface area contributed by atoms with Gasteiger partial charge in [0.1, 0.15) is 0 Å². The summed E-state index contributed by atoms with van der Waals surface area (Å²) < 4.78 is 1.78. The van der Waals surface area contributed by atoms with Crippen LogP contribution in [-0.4, -0.2) is 34.1 Å². The number of aryl methyl sites for hydroxylation is 1. The van der Waals surface area contributed by atoms with Crippen molar-refractivity contribution in [2.24, 2.45) is 12.5 Å². The highest BCUT2D eigenvalue weighted by Gasteiger charge is 2.15. The number of aliphatic hydroxyl groups is 1. The van der Waals surface area contributed by atoms with Gasteiger partial charge < -0.3 is 15.7 Å². The summed E-state index contributed by atoms with van der Waals surface area (Å²) in [6, 6.07) is -0.171. The maximum absolute atomic E-state index is 11.6. The lowest BCUT2D eigenvalue weighted by molar-refractivity contribution is 0.148. The van der Waals surface area contributed by atoms with Crippen molar-refractivity contribution in [1.29, 1.82) is 0 Å². The van der Waals surface area contributed by atoms with Gasteiger partial charge in [0.15, 0.2) is 0 Å². The minimum atomic E-state index is -0.171. The fraction of sp³-hybridized carbons (Fsp3) is 0.714. The second kappa shape index (κ2) is 7.28. The molecule has 0 saturated heterocycles. The number of hydrogen-bond acceptors (Lipinski definition) is 3. The SMILES string of the molecule is Cc1c(CNC(=O)NCCCC(C)(C)CO)cnn1C. The highest BCUT2D eigenvalue weighted by Crippen LogP contribution is 2.20. The third-order valence-electron chi connectivity index (χ3n) is 3.52. The standard InChI is InChI=1S/C14H26N4O2/c1-11-12(9-17-18(11)4)8-16-13(20)15-7-5-6-14(2,3)10-19/h9,19H,5-8,10H2,1-4H3,(H2,15,16,20). The first-order valence-electron chi connectivity index (χ1n) is 6.96. The highest BCUT2D eigenvalue weighted by atomic mass is 16.3. The average molecular weight is 282 g/mol. The smallest absolute Gasteiger partial charge is 0.315 e. The number of hydrogen-bond donors (Lipinski definition) is 3. The Labute approximate surface area is 120 Å². The van der Waals surface area contributed by atoms with E-state index >= 15 is 0 Å². The Morgan fingerprint density at radius 3 is 2.70 bits per heavy atom. The number of nitrogens with zero attached hydrogens (tertiary/aromatic N) is 2. The molecule has 0 bridgehead atoms. The van der Waals surface area contributed by atoms with Gasteiger partial charge in [-0.05, 0) is 25.2 Å². The van der Waals surface area contributed by atoms with Gasteiger partial charge in [-0.1, -0.05) is 13.8 Å². The molecule has 20 heavy (non-hydrogen) atoms. The zero-order valence-electron chi connectivity index (χ0n) is 12.9. The van der Waals surface area contributed by atoms with Gasteiger partial charge in [0, 0.05) is 38.0 Å². The van der Waals surface area contributed by atoms with E-state index in [1.807, 2.05) is 27.8 Å². The van der Waals surface area contributed by atoms with Crippen molar-refractivity contribution in [3.8, 4) is 0 Å². The predicted molar refractivity (Wildman–Crippen MR) is 78.3 cm³/mol. The third kappa shape index (κ3) is 5.21. The van der Waals surface area contributed by atoms with E-state index in [0.29, 0.717) is 13.1 Å². The zero-order chi connectivity index (χ0) is 15.2. The van der Waals surface area contributed by atoms with E-state index in [-0.39, 0.29) is 18.1 Å². The van der Waals surface area contributed by atoms with Gasteiger partial charge in [0.25, 0.3) is 0 Å². The molecule has 0 atom stereocenters. The van der Waals surface area contributed by atoms with Crippen LogP contribution in [0.15, 0.2) is 6.20 Å². The van der Waals surface area contributed by atoms with Crippen LogP contribution in [0.25, 0.3) is 0 Å². The Kier molecular flexibility index (Phi) is 6.01. The van der Waals surface area contributed by atoms with Gasteiger partial charge in [0.2, 0.25) is 0 Å². The number of aliphatic hydroxyl groups excluding tert-OH is 1. The molecule has 1 aromatic rings. The van der Waals surface area contributed by atoms with Crippen molar-refractivity contribution in [3.05, 3.63) is 17.5 Å². The molecule has 0 aromatic carbocycles. The topological polar surface area (TPSA) is 79.2 Å². The second-order valence-corrected chi connectivity index (χ2v) is 5.91. The molecule has 0 spiro atoms. The molecule has 3 N–H and O–H groups in total. The molecule has 0 aliphatic carbocycles. The van der Waals surface area contributed by atoms with Crippen molar-refractivity contribution in [1.82, 2.24) is 20.4 Å². The summed E-state index contributed by atoms with van der Waals surface area (Å²) in [6.07, 6.45) is 3.50. The van der Waals surface area contributed by atoms with E-state index in [9.17, 15) is 4.79 Å². The lowest BCUT2D eigenvalue weighted by atomic mass is 9.89. The van der Waals surface area contributed by atoms with Crippen molar-refractivity contribution in [3.63, 3.8) is 0 Å². The molecule has 0 radical (unpaired) electrons. The molecule has 6 nitrogen and oxygen atoms in total. The Hall–Kier alpha value is -1.56. The van der Waals surface area contributed by atoms with Crippen molar-refractivity contribution in [2.45, 2.75) is 40.2 Å². The quantitative estimate of drug-likeness (QED) is 0.660. The number of urea groups is 1. The van der Waals surface area contributed by atoms with Crippen LogP contribution in [0.1, 0.15) is 37.9 Å². The van der Waals surface area contributed by atoms with Gasteiger partial charge in [-0.25, -0.2) is 4.79 Å². The van der Waals surface area contributed by atoms with Crippen LogP contribution >= 0.6 is 0 Å². The molecule has 0 fully saturated rings. The first-order chi connectivity index (χ1) is 9.35. The number of carbonyl (C=O) groups is 1. The van der Waals surface area contributed by atoms with Crippen LogP contribution in [0.4, 0.5) is 4.79 Å². The molecule has 1 rings (SSSR count). The molecule has 6 heteroatoms. The van der Waals surface area contributed by atoms with Crippen LogP contribution in [0, 0.1) is 12.3 Å². The number of rotatable bonds is 7. The predicted octanol–water partition coefficient (Wildman–Crippen LogP) is 1.33. The molecular weight excluding hydrogens is 256 g/mol. The van der Waals surface area contributed by atoms with Crippen LogP contribution in [0.2, 0.25) is 0 Å². The van der Waals surface area contributed by atoms with Gasteiger partial charge in [-0.2, -0.15) is 5.10 Å². The summed E-state index contributed by atoms with van der Waals surface area (Å²) in [5, 5.41) is 18.9. The maximum Gasteiger partial charge on any atom is 0.315 e. The summed E-state index contributed by atoms with van der Waals surface area (Å²) in [6.45, 7) is 7.25. The molecule has 2 amide bonds. The molecule has 0 unspecified atom stereocenters. The average Bonchev–Trinajstić information content (AvgIpc) is 2.73. The van der Waals surface area contributed by atoms with E-state index in [2.05, 4.69) is 15.7 Å². The Bertz CT molecular complexity index is 440. The van der Waals surface area contributed by atoms with E-state index < -0.39 is 0 Å². The van der Waals surface area contributed by atoms with Gasteiger partial charge >= 0.3 is 6.03 Å². The lowest BCUT2D eigenvalue weighted by Crippen LogP contribution is -2.36. The van der Waals surface area contributed by atoms with Gasteiger partial charge in [-0.15, -0.1) is 0 Å². The van der Waals surface area contributed by atoms with Crippen LogP contribution in [0.5, 0.6) is 0 Å². The highest BCUT2D eigenvalue weighted by molar-refractivity contribution is 5.73. The van der Waals surface area contributed by atoms with Gasteiger partial charge in [-0.3, -0.25) is 4.68 Å². The third-order valence-corrected chi connectivity index (χ3v) is 3.52. The summed E-state index contributed by atoms with van der Waals surface area (Å²) in [4.78, 5) is 11.6. The molecule has 114 valence electrons. The van der Waals surface area contributed by atoms with E-state index in [1.165, 1.54) is 0 Å². The zero-order valence-corrected chi connectivity index (χ0v) is 12.9. The normalized spacial score (nSPS) is 11.4. The molecule has 0 aliphatic heterocycles. The van der Waals surface area contributed by atoms with Crippen molar-refractivity contribution < 1.29 is 9.90 Å². The Morgan fingerprint density at radius 1 is 1.45 bits per heavy atom. The first-order valence-corrected chi connectivity index (χ1v) is 6.96. The fourth-order valence-electron chi connectivity index (χ4n) is 1.80. The Morgan fingerprint density at radius 2 is 2.15 bits per heavy atom. The van der Waals surface area contributed by atoms with Crippen LogP contribution < -0.4 is 10.6 Å². The first kappa shape index (κ1) is 16.5. The number of carbonyl (C=O) groups excluding carboxylic acids is 1. The van der Waals surface area contributed by atoms with Gasteiger partial charge in [0.05, 0.1) is 6.20 Å². The molecular formula is C14H26N4O2. The van der Waals surface area contributed by atoms with E-state index in [1.54, 1.807) is 10.9 Å². The Balaban J connectivity index is 2.20. The minimum absolute atomic E-state index is 0.0784. The largest absolute Gasteiger partial charge is 0.396 e. The molecule has 0 saturated carbocycles. The lowest BCUT2D eigenvalue weighted by Gasteiger charge is -2.21. The van der Waals surface area contributed by atoms with Crippen molar-refractivity contribution in [2.75, 3.05) is 13.2 Å². The maximum atomic E-state index is 11.6. The molecule has 1 heterocycles.